The Morgan fingerprint density at radius 1 is 1.12 bits per heavy atom. The average Bonchev–Trinajstić information content (AvgIpc) is 2.35. The van der Waals surface area contributed by atoms with Crippen LogP contribution in [-0.2, 0) is 6.54 Å². The molecule has 0 aliphatic carbocycles. The number of benzene rings is 1. The van der Waals surface area contributed by atoms with Crippen LogP contribution < -0.4 is 5.73 Å². The van der Waals surface area contributed by atoms with Crippen LogP contribution in [0.2, 0.25) is 0 Å². The van der Waals surface area contributed by atoms with Crippen molar-refractivity contribution in [2.75, 3.05) is 0 Å². The SMILES string of the molecule is CCCCCC(CC)c1ccccc1CN. The molecule has 0 bridgehead atoms. The molecule has 0 radical (unpaired) electrons. The van der Waals surface area contributed by atoms with Crippen molar-refractivity contribution in [3.8, 4) is 0 Å². The van der Waals surface area contributed by atoms with Crippen molar-refractivity contribution in [3.05, 3.63) is 35.4 Å². The first-order valence-electron chi connectivity index (χ1n) is 6.61. The normalized spacial score (nSPS) is 12.7. The lowest BCUT2D eigenvalue weighted by Crippen LogP contribution is -2.06. The molecule has 0 aliphatic rings. The Morgan fingerprint density at radius 3 is 2.50 bits per heavy atom. The molecule has 0 heterocycles. The van der Waals surface area contributed by atoms with E-state index in [1.807, 2.05) is 0 Å². The van der Waals surface area contributed by atoms with E-state index in [0.717, 1.165) is 0 Å². The Labute approximate surface area is 100 Å². The Morgan fingerprint density at radius 2 is 1.88 bits per heavy atom. The summed E-state index contributed by atoms with van der Waals surface area (Å²) in [4.78, 5) is 0. The van der Waals surface area contributed by atoms with Gasteiger partial charge in [0.25, 0.3) is 0 Å². The highest BCUT2D eigenvalue weighted by molar-refractivity contribution is 5.30. The summed E-state index contributed by atoms with van der Waals surface area (Å²) in [5.41, 5.74) is 8.60. The van der Waals surface area contributed by atoms with Crippen LogP contribution in [0.25, 0.3) is 0 Å². The fourth-order valence-corrected chi connectivity index (χ4v) is 2.34. The van der Waals surface area contributed by atoms with Crippen molar-refractivity contribution < 1.29 is 0 Å². The maximum absolute atomic E-state index is 5.80. The van der Waals surface area contributed by atoms with E-state index in [2.05, 4.69) is 38.1 Å². The summed E-state index contributed by atoms with van der Waals surface area (Å²) in [6, 6.07) is 8.64. The zero-order chi connectivity index (χ0) is 11.8. The van der Waals surface area contributed by atoms with Gasteiger partial charge in [0.15, 0.2) is 0 Å². The van der Waals surface area contributed by atoms with Crippen molar-refractivity contribution in [1.29, 1.82) is 0 Å². The molecule has 2 N–H and O–H groups in total. The molecular weight excluding hydrogens is 194 g/mol. The molecule has 1 unspecified atom stereocenters. The first-order valence-corrected chi connectivity index (χ1v) is 6.61. The van der Waals surface area contributed by atoms with E-state index >= 15 is 0 Å². The first-order chi connectivity index (χ1) is 7.83. The van der Waals surface area contributed by atoms with Gasteiger partial charge in [0.1, 0.15) is 0 Å². The van der Waals surface area contributed by atoms with E-state index < -0.39 is 0 Å². The summed E-state index contributed by atoms with van der Waals surface area (Å²) >= 11 is 0. The quantitative estimate of drug-likeness (QED) is 0.683. The molecule has 0 fully saturated rings. The Kier molecular flexibility index (Phi) is 6.17. The van der Waals surface area contributed by atoms with Gasteiger partial charge in [-0.15, -0.1) is 0 Å². The Bertz CT molecular complexity index is 293. The molecule has 0 spiro atoms. The molecule has 1 nitrogen and oxygen atoms in total. The van der Waals surface area contributed by atoms with Crippen LogP contribution in [-0.4, -0.2) is 0 Å². The summed E-state index contributed by atoms with van der Waals surface area (Å²) in [5, 5.41) is 0. The molecule has 0 amide bonds. The lowest BCUT2D eigenvalue weighted by Gasteiger charge is -2.18. The van der Waals surface area contributed by atoms with Gasteiger partial charge in [-0.3, -0.25) is 0 Å². The van der Waals surface area contributed by atoms with Gasteiger partial charge in [-0.25, -0.2) is 0 Å². The molecule has 0 saturated heterocycles. The lowest BCUT2D eigenvalue weighted by atomic mass is 9.88. The topological polar surface area (TPSA) is 26.0 Å². The Balaban J connectivity index is 2.69. The number of rotatable bonds is 7. The molecule has 0 saturated carbocycles. The smallest absolute Gasteiger partial charge is 0.0180 e. The second kappa shape index (κ2) is 7.45. The van der Waals surface area contributed by atoms with E-state index in [1.165, 1.54) is 43.2 Å². The minimum atomic E-state index is 0.667. The van der Waals surface area contributed by atoms with E-state index in [4.69, 9.17) is 5.73 Å². The molecule has 1 atom stereocenters. The maximum atomic E-state index is 5.80. The number of nitrogens with two attached hydrogens (primary N) is 1. The largest absolute Gasteiger partial charge is 0.326 e. The van der Waals surface area contributed by atoms with Crippen LogP contribution >= 0.6 is 0 Å². The van der Waals surface area contributed by atoms with Crippen LogP contribution in [0.1, 0.15) is 63.0 Å². The molecule has 1 aromatic rings. The number of hydrogen-bond donors (Lipinski definition) is 1. The van der Waals surface area contributed by atoms with Crippen molar-refractivity contribution in [2.45, 2.75) is 58.4 Å². The van der Waals surface area contributed by atoms with Gasteiger partial charge in [0.2, 0.25) is 0 Å². The van der Waals surface area contributed by atoms with Crippen LogP contribution in [0.3, 0.4) is 0 Å². The van der Waals surface area contributed by atoms with Crippen molar-refractivity contribution in [2.24, 2.45) is 5.73 Å². The zero-order valence-electron chi connectivity index (χ0n) is 10.7. The summed E-state index contributed by atoms with van der Waals surface area (Å²) in [7, 11) is 0. The summed E-state index contributed by atoms with van der Waals surface area (Å²) < 4.78 is 0. The summed E-state index contributed by atoms with van der Waals surface area (Å²) in [5.74, 6) is 0.700. The summed E-state index contributed by atoms with van der Waals surface area (Å²) in [6.07, 6.45) is 6.52. The van der Waals surface area contributed by atoms with Crippen molar-refractivity contribution in [3.63, 3.8) is 0 Å². The number of hydrogen-bond acceptors (Lipinski definition) is 1. The zero-order valence-corrected chi connectivity index (χ0v) is 10.7. The fourth-order valence-electron chi connectivity index (χ4n) is 2.34. The minimum absolute atomic E-state index is 0.667. The maximum Gasteiger partial charge on any atom is 0.0180 e. The van der Waals surface area contributed by atoms with Gasteiger partial charge >= 0.3 is 0 Å². The van der Waals surface area contributed by atoms with Crippen LogP contribution in [0.5, 0.6) is 0 Å². The molecule has 0 aliphatic heterocycles. The molecule has 90 valence electrons. The molecule has 0 aromatic heterocycles. The molecule has 1 heteroatoms. The second-order valence-corrected chi connectivity index (χ2v) is 4.50. The minimum Gasteiger partial charge on any atom is -0.326 e. The van der Waals surface area contributed by atoms with Crippen LogP contribution in [0, 0.1) is 0 Å². The first kappa shape index (κ1) is 13.2. The van der Waals surface area contributed by atoms with Crippen molar-refractivity contribution in [1.82, 2.24) is 0 Å². The third-order valence-corrected chi connectivity index (χ3v) is 3.36. The van der Waals surface area contributed by atoms with E-state index in [0.29, 0.717) is 12.5 Å². The van der Waals surface area contributed by atoms with Crippen LogP contribution in [0.4, 0.5) is 0 Å². The predicted molar refractivity (Wildman–Crippen MR) is 71.5 cm³/mol. The van der Waals surface area contributed by atoms with E-state index in [1.54, 1.807) is 0 Å². The second-order valence-electron chi connectivity index (χ2n) is 4.50. The highest BCUT2D eigenvalue weighted by atomic mass is 14.5. The number of unbranched alkanes of at least 4 members (excludes halogenated alkanes) is 2. The van der Waals surface area contributed by atoms with Gasteiger partial charge in [-0.2, -0.15) is 0 Å². The molecular formula is C15H25N. The van der Waals surface area contributed by atoms with Gasteiger partial charge < -0.3 is 5.73 Å². The highest BCUT2D eigenvalue weighted by Crippen LogP contribution is 2.28. The monoisotopic (exact) mass is 219 g/mol. The van der Waals surface area contributed by atoms with Gasteiger partial charge in [0.05, 0.1) is 0 Å². The highest BCUT2D eigenvalue weighted by Gasteiger charge is 2.11. The standard InChI is InChI=1S/C15H25N/c1-3-5-6-9-13(4-2)15-11-8-7-10-14(15)12-16/h7-8,10-11,13H,3-6,9,12,16H2,1-2H3. The van der Waals surface area contributed by atoms with E-state index in [-0.39, 0.29) is 0 Å². The fraction of sp³-hybridized carbons (Fsp3) is 0.600. The van der Waals surface area contributed by atoms with Crippen molar-refractivity contribution >= 4 is 0 Å². The lowest BCUT2D eigenvalue weighted by molar-refractivity contribution is 0.550. The average molecular weight is 219 g/mol. The van der Waals surface area contributed by atoms with Gasteiger partial charge in [-0.05, 0) is 29.9 Å². The Hall–Kier alpha value is -0.820. The van der Waals surface area contributed by atoms with Gasteiger partial charge in [-0.1, -0.05) is 57.4 Å². The van der Waals surface area contributed by atoms with Gasteiger partial charge in [0, 0.05) is 6.54 Å². The molecule has 1 rings (SSSR count). The predicted octanol–water partition coefficient (Wildman–Crippen LogP) is 4.22. The molecule has 16 heavy (non-hydrogen) atoms. The third kappa shape index (κ3) is 3.64. The van der Waals surface area contributed by atoms with Crippen LogP contribution in [0.15, 0.2) is 24.3 Å². The molecule has 1 aromatic carbocycles. The summed E-state index contributed by atoms with van der Waals surface area (Å²) in [6.45, 7) is 5.21. The third-order valence-electron chi connectivity index (χ3n) is 3.36. The van der Waals surface area contributed by atoms with E-state index in [9.17, 15) is 0 Å².